The maximum absolute atomic E-state index is 12.6. The zero-order valence-electron chi connectivity index (χ0n) is 15.3. The third kappa shape index (κ3) is 5.04. The van der Waals surface area contributed by atoms with Gasteiger partial charge >= 0.3 is 0 Å². The van der Waals surface area contributed by atoms with Crippen molar-refractivity contribution in [3.8, 4) is 5.75 Å². The van der Waals surface area contributed by atoms with Crippen molar-refractivity contribution < 1.29 is 9.53 Å². The van der Waals surface area contributed by atoms with E-state index in [4.69, 9.17) is 32.9 Å². The summed E-state index contributed by atoms with van der Waals surface area (Å²) >= 11 is 6.39. The minimum Gasteiger partial charge on any atom is -0.497 e. The van der Waals surface area contributed by atoms with Gasteiger partial charge in [0.25, 0.3) is 5.91 Å². The van der Waals surface area contributed by atoms with Gasteiger partial charge in [-0.25, -0.2) is 9.98 Å². The Morgan fingerprint density at radius 2 is 2.07 bits per heavy atom. The second kappa shape index (κ2) is 9.47. The van der Waals surface area contributed by atoms with Gasteiger partial charge in [-0.05, 0) is 31.2 Å². The molecule has 0 saturated heterocycles. The monoisotopic (exact) mass is 401 g/mol. The van der Waals surface area contributed by atoms with Crippen molar-refractivity contribution in [1.82, 2.24) is 4.98 Å². The molecule has 0 spiro atoms. The van der Waals surface area contributed by atoms with E-state index in [1.807, 2.05) is 0 Å². The summed E-state index contributed by atoms with van der Waals surface area (Å²) in [4.78, 5) is 20.4. The number of ether oxygens (including phenoxy) is 1. The van der Waals surface area contributed by atoms with Crippen LogP contribution < -0.4 is 21.1 Å². The lowest BCUT2D eigenvalue weighted by molar-refractivity contribution is 0.102. The van der Waals surface area contributed by atoms with Crippen LogP contribution in [0, 0.1) is 10.8 Å². The molecule has 1 amide bonds. The first-order valence-electron chi connectivity index (χ1n) is 8.11. The molecule has 6 N–H and O–H groups in total. The van der Waals surface area contributed by atoms with Crippen LogP contribution in [0.15, 0.2) is 35.5 Å². The Balaban J connectivity index is 2.28. The van der Waals surface area contributed by atoms with Crippen molar-refractivity contribution >= 4 is 46.9 Å². The fourth-order valence-electron chi connectivity index (χ4n) is 2.30. The minimum atomic E-state index is -0.457. The van der Waals surface area contributed by atoms with E-state index in [1.54, 1.807) is 31.4 Å². The maximum atomic E-state index is 12.6. The molecular formula is C18H20ClN7O2. The largest absolute Gasteiger partial charge is 0.497 e. The van der Waals surface area contributed by atoms with Crippen molar-refractivity contribution in [2.75, 3.05) is 24.3 Å². The van der Waals surface area contributed by atoms with Gasteiger partial charge in [0.15, 0.2) is 0 Å². The second-order valence-electron chi connectivity index (χ2n) is 5.62. The second-order valence-corrected chi connectivity index (χ2v) is 6.00. The van der Waals surface area contributed by atoms with Gasteiger partial charge in [-0.1, -0.05) is 11.6 Å². The van der Waals surface area contributed by atoms with E-state index in [2.05, 4.69) is 20.6 Å². The predicted octanol–water partition coefficient (Wildman–Crippen LogP) is 2.76. The van der Waals surface area contributed by atoms with Crippen LogP contribution in [0.1, 0.15) is 22.8 Å². The molecule has 0 atom stereocenters. The van der Waals surface area contributed by atoms with E-state index in [-0.39, 0.29) is 34.2 Å². The summed E-state index contributed by atoms with van der Waals surface area (Å²) in [6.07, 6.45) is 2.15. The standard InChI is InChI=1S/C18H20ClN7O2/c1-10(21)15-16(19)13(7-23-17(15)24-8-14(22)25-9-20)18(27)26-11-3-5-12(28-2)6-4-11/h3-7,9,21H,8H2,1-2H3,(H,23,24)(H,26,27)(H3,20,22,25). The van der Waals surface area contributed by atoms with Crippen molar-refractivity contribution in [1.29, 1.82) is 10.8 Å². The number of amidine groups is 1. The van der Waals surface area contributed by atoms with E-state index in [0.717, 1.165) is 6.34 Å². The minimum absolute atomic E-state index is 0.0959. The van der Waals surface area contributed by atoms with Gasteiger partial charge in [0.05, 0.1) is 29.8 Å². The lowest BCUT2D eigenvalue weighted by Crippen LogP contribution is -2.24. The number of carbonyl (C=O) groups excluding carboxylic acids is 1. The Kier molecular flexibility index (Phi) is 7.05. The topological polar surface area (TPSA) is 149 Å². The van der Waals surface area contributed by atoms with Crippen LogP contribution in [-0.2, 0) is 0 Å². The molecule has 0 saturated carbocycles. The van der Waals surface area contributed by atoms with Gasteiger partial charge in [0.2, 0.25) is 0 Å². The number of carbonyl (C=O) groups is 1. The number of hydrogen-bond acceptors (Lipinski definition) is 6. The lowest BCUT2D eigenvalue weighted by atomic mass is 10.1. The van der Waals surface area contributed by atoms with Gasteiger partial charge in [0.1, 0.15) is 23.7 Å². The van der Waals surface area contributed by atoms with Crippen molar-refractivity contribution in [2.45, 2.75) is 6.92 Å². The fourth-order valence-corrected chi connectivity index (χ4v) is 2.66. The van der Waals surface area contributed by atoms with Crippen molar-refractivity contribution in [3.63, 3.8) is 0 Å². The Morgan fingerprint density at radius 1 is 1.39 bits per heavy atom. The third-order valence-electron chi connectivity index (χ3n) is 3.65. The number of nitrogens with zero attached hydrogens (tertiary/aromatic N) is 2. The SMILES string of the molecule is COc1ccc(NC(=O)c2cnc(NCC(N)=NC=N)c(C(C)=N)c2Cl)cc1. The quantitative estimate of drug-likeness (QED) is 0.340. The first-order chi connectivity index (χ1) is 13.4. The number of halogens is 1. The molecule has 0 aliphatic rings. The molecular weight excluding hydrogens is 382 g/mol. The number of pyridine rings is 1. The number of rotatable bonds is 8. The molecule has 146 valence electrons. The molecule has 2 rings (SSSR count). The summed E-state index contributed by atoms with van der Waals surface area (Å²) in [5, 5.41) is 20.6. The number of methoxy groups -OCH3 is 1. The Labute approximate surface area is 167 Å². The number of hydrogen-bond donors (Lipinski definition) is 5. The first kappa shape index (κ1) is 20.8. The fraction of sp³-hybridized carbons (Fsp3) is 0.167. The Morgan fingerprint density at radius 3 is 2.64 bits per heavy atom. The Hall–Kier alpha value is -3.46. The molecule has 1 aromatic carbocycles. The highest BCUT2D eigenvalue weighted by molar-refractivity contribution is 6.38. The molecule has 1 aromatic heterocycles. The molecule has 28 heavy (non-hydrogen) atoms. The van der Waals surface area contributed by atoms with E-state index in [9.17, 15) is 4.79 Å². The van der Waals surface area contributed by atoms with Crippen LogP contribution in [0.2, 0.25) is 5.02 Å². The maximum Gasteiger partial charge on any atom is 0.258 e. The van der Waals surface area contributed by atoms with Gasteiger partial charge in [-0.2, -0.15) is 0 Å². The molecule has 1 heterocycles. The van der Waals surface area contributed by atoms with Crippen LogP contribution in [0.25, 0.3) is 0 Å². The van der Waals surface area contributed by atoms with Crippen LogP contribution in [0.5, 0.6) is 5.75 Å². The number of amides is 1. The molecule has 0 radical (unpaired) electrons. The smallest absolute Gasteiger partial charge is 0.258 e. The summed E-state index contributed by atoms with van der Waals surface area (Å²) in [7, 11) is 1.56. The summed E-state index contributed by atoms with van der Waals surface area (Å²) in [6.45, 7) is 1.64. The summed E-state index contributed by atoms with van der Waals surface area (Å²) in [6, 6.07) is 6.83. The highest BCUT2D eigenvalue weighted by atomic mass is 35.5. The average molecular weight is 402 g/mol. The Bertz CT molecular complexity index is 926. The number of nitrogens with two attached hydrogens (primary N) is 1. The van der Waals surface area contributed by atoms with E-state index < -0.39 is 5.91 Å². The molecule has 0 aliphatic carbocycles. The summed E-state index contributed by atoms with van der Waals surface area (Å²) in [5.41, 5.74) is 6.73. The number of anilines is 2. The molecule has 10 heteroatoms. The first-order valence-corrected chi connectivity index (χ1v) is 8.49. The van der Waals surface area contributed by atoms with Crippen molar-refractivity contribution in [3.05, 3.63) is 46.6 Å². The lowest BCUT2D eigenvalue weighted by Gasteiger charge is -2.14. The third-order valence-corrected chi connectivity index (χ3v) is 4.04. The molecule has 0 fully saturated rings. The summed E-state index contributed by atoms with van der Waals surface area (Å²) < 4.78 is 5.08. The number of aromatic nitrogens is 1. The van der Waals surface area contributed by atoms with Crippen molar-refractivity contribution in [2.24, 2.45) is 10.7 Å². The molecule has 9 nitrogen and oxygen atoms in total. The zero-order chi connectivity index (χ0) is 20.7. The molecule has 0 bridgehead atoms. The molecule has 0 aliphatic heterocycles. The molecule has 2 aromatic rings. The van der Waals surface area contributed by atoms with Crippen LogP contribution in [-0.4, -0.2) is 42.4 Å². The highest BCUT2D eigenvalue weighted by Gasteiger charge is 2.20. The number of nitrogens with one attached hydrogen (secondary N) is 4. The van der Waals surface area contributed by atoms with Crippen LogP contribution in [0.3, 0.4) is 0 Å². The van der Waals surface area contributed by atoms with Gasteiger partial charge in [-0.15, -0.1) is 0 Å². The number of benzene rings is 1. The van der Waals surface area contributed by atoms with Gasteiger partial charge in [0, 0.05) is 17.6 Å². The van der Waals surface area contributed by atoms with Gasteiger partial charge < -0.3 is 26.5 Å². The normalized spacial score (nSPS) is 10.9. The highest BCUT2D eigenvalue weighted by Crippen LogP contribution is 2.27. The van der Waals surface area contributed by atoms with Crippen LogP contribution in [0.4, 0.5) is 11.5 Å². The number of aliphatic imine (C=N–C) groups is 1. The van der Waals surface area contributed by atoms with E-state index in [0.29, 0.717) is 17.3 Å². The molecule has 0 unspecified atom stereocenters. The van der Waals surface area contributed by atoms with E-state index >= 15 is 0 Å². The van der Waals surface area contributed by atoms with Crippen LogP contribution >= 0.6 is 11.6 Å². The summed E-state index contributed by atoms with van der Waals surface area (Å²) in [5.74, 6) is 0.673. The predicted molar refractivity (Wildman–Crippen MR) is 112 cm³/mol. The zero-order valence-corrected chi connectivity index (χ0v) is 16.1. The van der Waals surface area contributed by atoms with E-state index in [1.165, 1.54) is 13.1 Å². The van der Waals surface area contributed by atoms with Gasteiger partial charge in [-0.3, -0.25) is 10.2 Å². The average Bonchev–Trinajstić information content (AvgIpc) is 2.66.